The molecule has 37 heavy (non-hydrogen) atoms. The minimum atomic E-state index is -3.70. The fraction of sp³-hybridized carbons (Fsp3) is 0.296. The van der Waals surface area contributed by atoms with Crippen LogP contribution >= 0.6 is 0 Å². The van der Waals surface area contributed by atoms with Gasteiger partial charge in [0.05, 0.1) is 18.9 Å². The van der Waals surface area contributed by atoms with E-state index in [4.69, 9.17) is 8.92 Å². The maximum atomic E-state index is 14.2. The van der Waals surface area contributed by atoms with Crippen LogP contribution in [-0.4, -0.2) is 38.8 Å². The van der Waals surface area contributed by atoms with E-state index in [9.17, 15) is 26.4 Å². The molecule has 1 amide bonds. The van der Waals surface area contributed by atoms with Crippen LogP contribution in [0.5, 0.6) is 0 Å². The number of nitrogens with zero attached hydrogens (tertiary/aromatic N) is 1. The normalized spacial score (nSPS) is 18.9. The Labute approximate surface area is 213 Å². The van der Waals surface area contributed by atoms with E-state index in [0.717, 1.165) is 17.9 Å². The quantitative estimate of drug-likeness (QED) is 0.335. The lowest BCUT2D eigenvalue weighted by Gasteiger charge is -2.43. The second kappa shape index (κ2) is 10.5. The molecule has 4 rings (SSSR count). The van der Waals surface area contributed by atoms with Crippen LogP contribution in [0, 0.1) is 17.5 Å². The van der Waals surface area contributed by atoms with Crippen LogP contribution < -0.4 is 0 Å². The fourth-order valence-corrected chi connectivity index (χ4v) is 4.89. The van der Waals surface area contributed by atoms with Gasteiger partial charge in [-0.2, -0.15) is 8.42 Å². The summed E-state index contributed by atoms with van der Waals surface area (Å²) in [6, 6.07) is 15.4. The number of rotatable bonds is 8. The smallest absolute Gasteiger partial charge is 0.411 e. The van der Waals surface area contributed by atoms with Gasteiger partial charge in [-0.25, -0.2) is 18.0 Å². The van der Waals surface area contributed by atoms with Crippen molar-refractivity contribution < 1.29 is 35.3 Å². The van der Waals surface area contributed by atoms with E-state index < -0.39 is 45.3 Å². The van der Waals surface area contributed by atoms with Crippen molar-refractivity contribution in [2.75, 3.05) is 19.4 Å². The minimum Gasteiger partial charge on any atom is -0.438 e. The van der Waals surface area contributed by atoms with E-state index in [1.165, 1.54) is 41.3 Å². The molecule has 1 fully saturated rings. The Kier molecular flexibility index (Phi) is 7.61. The molecule has 196 valence electrons. The highest BCUT2D eigenvalue weighted by Gasteiger charge is 2.43. The van der Waals surface area contributed by atoms with Crippen LogP contribution in [0.25, 0.3) is 11.1 Å². The molecule has 1 saturated heterocycles. The molecule has 1 aliphatic heterocycles. The van der Waals surface area contributed by atoms with E-state index in [-0.39, 0.29) is 25.1 Å². The average Bonchev–Trinajstić information content (AvgIpc) is 2.83. The number of ether oxygens (including phenoxy) is 1. The van der Waals surface area contributed by atoms with Crippen LogP contribution in [0.15, 0.2) is 66.7 Å². The molecule has 3 aromatic rings. The Hall–Kier alpha value is -3.37. The molecule has 0 N–H and O–H groups in total. The molecule has 0 aliphatic carbocycles. The Morgan fingerprint density at radius 3 is 2.24 bits per heavy atom. The zero-order valence-electron chi connectivity index (χ0n) is 20.3. The Morgan fingerprint density at radius 2 is 1.65 bits per heavy atom. The largest absolute Gasteiger partial charge is 0.438 e. The van der Waals surface area contributed by atoms with Crippen molar-refractivity contribution in [2.45, 2.75) is 31.4 Å². The second-order valence-electron chi connectivity index (χ2n) is 9.01. The van der Waals surface area contributed by atoms with Crippen LogP contribution in [0.2, 0.25) is 0 Å². The minimum absolute atomic E-state index is 0.0671. The molecular weight excluding hydrogens is 507 g/mol. The van der Waals surface area contributed by atoms with E-state index in [2.05, 4.69) is 0 Å². The fourth-order valence-electron chi connectivity index (χ4n) is 4.50. The summed E-state index contributed by atoms with van der Waals surface area (Å²) >= 11 is 0. The standard InChI is InChI=1S/C27H26F3NO5S/c1-18(19-3-5-20(6-4-19)24-12-11-23(29)17-25(24)30)31-15-13-27(36-26(31)32,14-16-35-37(2,33)34)21-7-9-22(28)10-8-21/h3-12,17-18H,13-16H2,1-2H3/t18-,27-/m0/s1. The molecule has 0 radical (unpaired) electrons. The SMILES string of the molecule is C[C@@H](c1ccc(-c2ccc(F)cc2F)cc1)N1CC[C@](CCOS(C)(=O)=O)(c2ccc(F)cc2)OC1=O. The van der Waals surface area contributed by atoms with E-state index >= 15 is 0 Å². The first-order valence-corrected chi connectivity index (χ1v) is 13.4. The van der Waals surface area contributed by atoms with Gasteiger partial charge in [0.1, 0.15) is 23.1 Å². The summed E-state index contributed by atoms with van der Waals surface area (Å²) < 4.78 is 74.6. The van der Waals surface area contributed by atoms with Crippen LogP contribution in [0.4, 0.5) is 18.0 Å². The summed E-state index contributed by atoms with van der Waals surface area (Å²) in [7, 11) is -3.70. The summed E-state index contributed by atoms with van der Waals surface area (Å²) in [6.45, 7) is 1.90. The zero-order chi connectivity index (χ0) is 26.8. The number of carbonyl (C=O) groups excluding carboxylic acids is 1. The van der Waals surface area contributed by atoms with Crippen molar-refractivity contribution in [3.05, 3.63) is 95.3 Å². The van der Waals surface area contributed by atoms with Crippen molar-refractivity contribution in [3.63, 3.8) is 0 Å². The molecule has 3 aromatic carbocycles. The van der Waals surface area contributed by atoms with Gasteiger partial charge in [-0.1, -0.05) is 36.4 Å². The highest BCUT2D eigenvalue weighted by Crippen LogP contribution is 2.40. The first kappa shape index (κ1) is 26.7. The third-order valence-electron chi connectivity index (χ3n) is 6.55. The van der Waals surface area contributed by atoms with Crippen LogP contribution in [0.3, 0.4) is 0 Å². The molecule has 2 atom stereocenters. The van der Waals surface area contributed by atoms with Crippen molar-refractivity contribution in [1.82, 2.24) is 4.90 Å². The number of hydrogen-bond acceptors (Lipinski definition) is 5. The first-order valence-electron chi connectivity index (χ1n) is 11.6. The lowest BCUT2D eigenvalue weighted by Crippen LogP contribution is -2.49. The van der Waals surface area contributed by atoms with Crippen molar-refractivity contribution in [3.8, 4) is 11.1 Å². The molecule has 0 bridgehead atoms. The summed E-state index contributed by atoms with van der Waals surface area (Å²) in [4.78, 5) is 14.7. The van der Waals surface area contributed by atoms with Gasteiger partial charge in [0.2, 0.25) is 0 Å². The Morgan fingerprint density at radius 1 is 1.00 bits per heavy atom. The van der Waals surface area contributed by atoms with E-state index in [0.29, 0.717) is 17.5 Å². The highest BCUT2D eigenvalue weighted by molar-refractivity contribution is 7.85. The van der Waals surface area contributed by atoms with Crippen molar-refractivity contribution in [1.29, 1.82) is 0 Å². The number of carbonyl (C=O) groups is 1. The summed E-state index contributed by atoms with van der Waals surface area (Å²) in [5, 5.41) is 0. The van der Waals surface area contributed by atoms with Gasteiger partial charge in [0, 0.05) is 31.0 Å². The average molecular weight is 534 g/mol. The third kappa shape index (κ3) is 6.14. The number of halogens is 3. The topological polar surface area (TPSA) is 72.9 Å². The maximum Gasteiger partial charge on any atom is 0.411 e. The van der Waals surface area contributed by atoms with Crippen LogP contribution in [-0.2, 0) is 24.6 Å². The highest BCUT2D eigenvalue weighted by atomic mass is 32.2. The summed E-state index contributed by atoms with van der Waals surface area (Å²) in [6.07, 6.45) is 0.707. The van der Waals surface area contributed by atoms with Gasteiger partial charge in [-0.05, 0) is 47.9 Å². The van der Waals surface area contributed by atoms with Crippen LogP contribution in [0.1, 0.15) is 36.9 Å². The van der Waals surface area contributed by atoms with Gasteiger partial charge >= 0.3 is 6.09 Å². The molecule has 0 spiro atoms. The maximum absolute atomic E-state index is 14.2. The molecule has 6 nitrogen and oxygen atoms in total. The van der Waals surface area contributed by atoms with E-state index in [1.807, 2.05) is 6.92 Å². The van der Waals surface area contributed by atoms with Gasteiger partial charge < -0.3 is 9.64 Å². The zero-order valence-corrected chi connectivity index (χ0v) is 21.1. The molecule has 0 saturated carbocycles. The molecular formula is C27H26F3NO5S. The number of amides is 1. The Bertz CT molecular complexity index is 1380. The van der Waals surface area contributed by atoms with Gasteiger partial charge in [0.25, 0.3) is 10.1 Å². The molecule has 1 aliphatic rings. The Balaban J connectivity index is 1.52. The number of hydrogen-bond donors (Lipinski definition) is 0. The van der Waals surface area contributed by atoms with Gasteiger partial charge in [-0.3, -0.25) is 4.18 Å². The van der Waals surface area contributed by atoms with Gasteiger partial charge in [0.15, 0.2) is 0 Å². The summed E-state index contributed by atoms with van der Waals surface area (Å²) in [5.74, 6) is -1.78. The second-order valence-corrected chi connectivity index (χ2v) is 10.7. The number of benzene rings is 3. The van der Waals surface area contributed by atoms with Crippen molar-refractivity contribution in [2.24, 2.45) is 0 Å². The summed E-state index contributed by atoms with van der Waals surface area (Å²) in [5.41, 5.74) is 0.958. The molecule has 1 heterocycles. The molecule has 0 aromatic heterocycles. The lowest BCUT2D eigenvalue weighted by molar-refractivity contribution is -0.0701. The molecule has 10 heteroatoms. The number of cyclic esters (lactones) is 1. The predicted octanol–water partition coefficient (Wildman–Crippen LogP) is 5.94. The van der Waals surface area contributed by atoms with Crippen molar-refractivity contribution >= 4 is 16.2 Å². The predicted molar refractivity (Wildman–Crippen MR) is 132 cm³/mol. The third-order valence-corrected chi connectivity index (χ3v) is 7.14. The van der Waals surface area contributed by atoms with Gasteiger partial charge in [-0.15, -0.1) is 0 Å². The molecule has 0 unspecified atom stereocenters. The first-order chi connectivity index (χ1) is 17.5. The van der Waals surface area contributed by atoms with E-state index in [1.54, 1.807) is 24.3 Å². The monoisotopic (exact) mass is 533 g/mol. The lowest BCUT2D eigenvalue weighted by atomic mass is 9.85.